The predicted octanol–water partition coefficient (Wildman–Crippen LogP) is 3.74. The Morgan fingerprint density at radius 3 is 2.83 bits per heavy atom. The zero-order valence-corrected chi connectivity index (χ0v) is 12.7. The van der Waals surface area contributed by atoms with Crippen molar-refractivity contribution < 1.29 is 4.74 Å². The van der Waals surface area contributed by atoms with Gasteiger partial charge >= 0.3 is 0 Å². The van der Waals surface area contributed by atoms with Crippen molar-refractivity contribution in [2.45, 2.75) is 15.6 Å². The summed E-state index contributed by atoms with van der Waals surface area (Å²) in [6.07, 6.45) is 2.01. The topological polar surface area (TPSA) is 35.0 Å². The van der Waals surface area contributed by atoms with Gasteiger partial charge in [0.05, 0.1) is 6.61 Å². The number of hydrogen-bond acceptors (Lipinski definition) is 6. The fourth-order valence-corrected chi connectivity index (χ4v) is 3.66. The molecule has 0 amide bonds. The fourth-order valence-electron chi connectivity index (χ4n) is 1.33. The van der Waals surface area contributed by atoms with Crippen LogP contribution in [0.25, 0.3) is 0 Å². The highest BCUT2D eigenvalue weighted by Gasteiger charge is 2.03. The van der Waals surface area contributed by atoms with Crippen LogP contribution in [0.15, 0.2) is 32.9 Å². The zero-order valence-electron chi connectivity index (χ0n) is 10.3. The number of benzene rings is 1. The molecule has 0 N–H and O–H groups in total. The molecule has 1 aromatic heterocycles. The normalized spacial score (nSPS) is 10.6. The Kier molecular flexibility index (Phi) is 5.34. The van der Waals surface area contributed by atoms with Gasteiger partial charge < -0.3 is 4.74 Å². The molecule has 0 saturated heterocycles. The summed E-state index contributed by atoms with van der Waals surface area (Å²) in [5, 5.41) is 8.15. The molecule has 0 bridgehead atoms. The van der Waals surface area contributed by atoms with Crippen LogP contribution in [0.1, 0.15) is 5.56 Å². The first-order valence-electron chi connectivity index (χ1n) is 5.47. The molecule has 0 saturated carbocycles. The van der Waals surface area contributed by atoms with E-state index in [-0.39, 0.29) is 0 Å². The van der Waals surface area contributed by atoms with Crippen LogP contribution in [-0.4, -0.2) is 28.8 Å². The average molecular weight is 298 g/mol. The standard InChI is InChI=1S/C12H14N2OS3/c1-9-4-3-5-10(8-9)15-6-7-17-12-14-13-11(16-2)18-12/h3-5,8H,6-7H2,1-2H3. The molecular formula is C12H14N2OS3. The van der Waals surface area contributed by atoms with Crippen LogP contribution in [0, 0.1) is 6.92 Å². The first-order valence-corrected chi connectivity index (χ1v) is 8.50. The Morgan fingerprint density at radius 2 is 2.11 bits per heavy atom. The predicted molar refractivity (Wildman–Crippen MR) is 79.1 cm³/mol. The van der Waals surface area contributed by atoms with E-state index in [1.165, 1.54) is 5.56 Å². The highest BCUT2D eigenvalue weighted by atomic mass is 32.2. The van der Waals surface area contributed by atoms with Crippen molar-refractivity contribution in [3.63, 3.8) is 0 Å². The van der Waals surface area contributed by atoms with E-state index in [4.69, 9.17) is 4.74 Å². The number of nitrogens with zero attached hydrogens (tertiary/aromatic N) is 2. The van der Waals surface area contributed by atoms with Gasteiger partial charge in [0.2, 0.25) is 0 Å². The molecule has 0 atom stereocenters. The van der Waals surface area contributed by atoms with Crippen LogP contribution in [0.4, 0.5) is 0 Å². The summed E-state index contributed by atoms with van der Waals surface area (Å²) in [5.74, 6) is 1.81. The molecule has 0 aliphatic carbocycles. The van der Waals surface area contributed by atoms with E-state index >= 15 is 0 Å². The highest BCUT2D eigenvalue weighted by Crippen LogP contribution is 2.27. The molecule has 2 rings (SSSR count). The van der Waals surface area contributed by atoms with Gasteiger partial charge in [0.1, 0.15) is 5.75 Å². The summed E-state index contributed by atoms with van der Waals surface area (Å²) in [7, 11) is 0. The van der Waals surface area contributed by atoms with Gasteiger partial charge in [-0.1, -0.05) is 47.0 Å². The van der Waals surface area contributed by atoms with Gasteiger partial charge in [0.25, 0.3) is 0 Å². The van der Waals surface area contributed by atoms with Crippen molar-refractivity contribution in [2.75, 3.05) is 18.6 Å². The molecule has 96 valence electrons. The molecule has 2 aromatic rings. The summed E-state index contributed by atoms with van der Waals surface area (Å²) in [6.45, 7) is 2.75. The third-order valence-electron chi connectivity index (χ3n) is 2.13. The summed E-state index contributed by atoms with van der Waals surface area (Å²) < 4.78 is 7.69. The Balaban J connectivity index is 1.72. The van der Waals surface area contributed by atoms with Crippen LogP contribution < -0.4 is 4.74 Å². The number of aromatic nitrogens is 2. The van der Waals surface area contributed by atoms with E-state index in [9.17, 15) is 0 Å². The van der Waals surface area contributed by atoms with Gasteiger partial charge in [-0.15, -0.1) is 10.2 Å². The monoisotopic (exact) mass is 298 g/mol. The third-order valence-corrected chi connectivity index (χ3v) is 5.13. The lowest BCUT2D eigenvalue weighted by Crippen LogP contribution is -1.99. The maximum Gasteiger partial charge on any atom is 0.175 e. The highest BCUT2D eigenvalue weighted by molar-refractivity contribution is 8.02. The molecule has 0 aliphatic heterocycles. The van der Waals surface area contributed by atoms with Gasteiger partial charge in [-0.25, -0.2) is 0 Å². The number of hydrogen-bond donors (Lipinski definition) is 0. The lowest BCUT2D eigenvalue weighted by atomic mass is 10.2. The van der Waals surface area contributed by atoms with E-state index in [2.05, 4.69) is 23.2 Å². The minimum Gasteiger partial charge on any atom is -0.493 e. The lowest BCUT2D eigenvalue weighted by Gasteiger charge is -2.05. The quantitative estimate of drug-likeness (QED) is 0.599. The van der Waals surface area contributed by atoms with Crippen LogP contribution in [0.3, 0.4) is 0 Å². The van der Waals surface area contributed by atoms with Crippen molar-refractivity contribution in [3.8, 4) is 5.75 Å². The van der Waals surface area contributed by atoms with E-state index in [1.54, 1.807) is 34.9 Å². The lowest BCUT2D eigenvalue weighted by molar-refractivity contribution is 0.343. The molecule has 0 radical (unpaired) electrons. The third kappa shape index (κ3) is 4.19. The summed E-state index contributed by atoms with van der Waals surface area (Å²) in [5.41, 5.74) is 1.22. The molecule has 0 spiro atoms. The van der Waals surface area contributed by atoms with Gasteiger partial charge in [0.15, 0.2) is 8.68 Å². The molecule has 6 heteroatoms. The second-order valence-electron chi connectivity index (χ2n) is 3.55. The van der Waals surface area contributed by atoms with Crippen molar-refractivity contribution in [2.24, 2.45) is 0 Å². The number of aryl methyl sites for hydroxylation is 1. The SMILES string of the molecule is CSc1nnc(SCCOc2cccc(C)c2)s1. The van der Waals surface area contributed by atoms with Crippen molar-refractivity contribution in [3.05, 3.63) is 29.8 Å². The molecule has 3 nitrogen and oxygen atoms in total. The fraction of sp³-hybridized carbons (Fsp3) is 0.333. The minimum absolute atomic E-state index is 0.683. The molecule has 0 unspecified atom stereocenters. The maximum atomic E-state index is 5.67. The Labute approximate surface area is 119 Å². The molecule has 1 heterocycles. The van der Waals surface area contributed by atoms with Crippen LogP contribution in [0.5, 0.6) is 5.75 Å². The van der Waals surface area contributed by atoms with Crippen molar-refractivity contribution in [1.29, 1.82) is 0 Å². The second kappa shape index (κ2) is 7.01. The second-order valence-corrected chi connectivity index (χ2v) is 6.92. The molecule has 18 heavy (non-hydrogen) atoms. The summed E-state index contributed by atoms with van der Waals surface area (Å²) in [4.78, 5) is 0. The zero-order chi connectivity index (χ0) is 12.8. The van der Waals surface area contributed by atoms with Crippen LogP contribution >= 0.6 is 34.9 Å². The van der Waals surface area contributed by atoms with Crippen molar-refractivity contribution in [1.82, 2.24) is 10.2 Å². The van der Waals surface area contributed by atoms with E-state index in [0.717, 1.165) is 20.2 Å². The smallest absolute Gasteiger partial charge is 0.175 e. The maximum absolute atomic E-state index is 5.67. The largest absolute Gasteiger partial charge is 0.493 e. The van der Waals surface area contributed by atoms with Gasteiger partial charge in [-0.05, 0) is 30.9 Å². The van der Waals surface area contributed by atoms with Gasteiger partial charge in [0, 0.05) is 5.75 Å². The first kappa shape index (κ1) is 13.7. The van der Waals surface area contributed by atoms with Crippen LogP contribution in [-0.2, 0) is 0 Å². The molecule has 1 aromatic carbocycles. The summed E-state index contributed by atoms with van der Waals surface area (Å²) >= 11 is 4.94. The number of thioether (sulfide) groups is 2. The van der Waals surface area contributed by atoms with E-state index < -0.39 is 0 Å². The molecule has 0 fully saturated rings. The number of rotatable bonds is 6. The van der Waals surface area contributed by atoms with Crippen molar-refractivity contribution >= 4 is 34.9 Å². The Hall–Kier alpha value is -0.720. The summed E-state index contributed by atoms with van der Waals surface area (Å²) in [6, 6.07) is 8.09. The van der Waals surface area contributed by atoms with Gasteiger partial charge in [-0.3, -0.25) is 0 Å². The number of ether oxygens (including phenoxy) is 1. The average Bonchev–Trinajstić information content (AvgIpc) is 2.83. The van der Waals surface area contributed by atoms with Crippen LogP contribution in [0.2, 0.25) is 0 Å². The minimum atomic E-state index is 0.683. The molecular weight excluding hydrogens is 284 g/mol. The van der Waals surface area contributed by atoms with Gasteiger partial charge in [-0.2, -0.15) is 0 Å². The van der Waals surface area contributed by atoms with E-state index in [0.29, 0.717) is 6.61 Å². The first-order chi connectivity index (χ1) is 8.78. The Morgan fingerprint density at radius 1 is 1.28 bits per heavy atom. The Bertz CT molecular complexity index is 502. The molecule has 0 aliphatic rings. The van der Waals surface area contributed by atoms with E-state index in [1.807, 2.05) is 24.5 Å².